The van der Waals surface area contributed by atoms with Crippen molar-refractivity contribution in [2.24, 2.45) is 0 Å². The summed E-state index contributed by atoms with van der Waals surface area (Å²) < 4.78 is 0. The Balaban J connectivity index is 2.74. The molecule has 1 rings (SSSR count). The molecule has 50 valence electrons. The highest BCUT2D eigenvalue weighted by atomic mass is 79.9. The lowest BCUT2D eigenvalue weighted by Gasteiger charge is -1.82. The zero-order chi connectivity index (χ0) is 6.69. The Hall–Kier alpha value is 0.110. The number of thiazole rings is 1. The molecule has 1 aromatic heterocycles. The summed E-state index contributed by atoms with van der Waals surface area (Å²) in [7, 11) is 0. The molecule has 0 amide bonds. The summed E-state index contributed by atoms with van der Waals surface area (Å²) in [5.41, 5.74) is 1.20. The van der Waals surface area contributed by atoms with Gasteiger partial charge in [0.1, 0.15) is 5.01 Å². The number of halogens is 1. The Labute approximate surface area is 67.3 Å². The summed E-state index contributed by atoms with van der Waals surface area (Å²) in [6, 6.07) is 0. The number of hydrogen-bond acceptors (Lipinski definition) is 2. The Morgan fingerprint density at radius 1 is 1.78 bits per heavy atom. The predicted octanol–water partition coefficient (Wildman–Crippen LogP) is 2.60. The topological polar surface area (TPSA) is 12.9 Å². The molecule has 0 aliphatic heterocycles. The van der Waals surface area contributed by atoms with Crippen molar-refractivity contribution in [2.45, 2.75) is 18.7 Å². The standard InChI is InChI=1S/C6H8BrNS/c1-2-5-4-9-6(3-7)8-5/h4H,2-3H2,1H3. The Morgan fingerprint density at radius 3 is 2.89 bits per heavy atom. The molecule has 1 heterocycles. The molecular formula is C6H8BrNS. The number of alkyl halides is 1. The van der Waals surface area contributed by atoms with Gasteiger partial charge in [-0.05, 0) is 6.42 Å². The van der Waals surface area contributed by atoms with Crippen LogP contribution in [0.1, 0.15) is 17.6 Å². The van der Waals surface area contributed by atoms with E-state index in [0.717, 1.165) is 11.8 Å². The second-order valence-corrected chi connectivity index (χ2v) is 3.22. The van der Waals surface area contributed by atoms with E-state index in [-0.39, 0.29) is 0 Å². The SMILES string of the molecule is CCc1csc(CBr)n1. The number of aromatic nitrogens is 1. The lowest BCUT2D eigenvalue weighted by molar-refractivity contribution is 1.04. The molecule has 0 spiro atoms. The molecule has 0 bridgehead atoms. The molecule has 0 aliphatic carbocycles. The van der Waals surface area contributed by atoms with E-state index < -0.39 is 0 Å². The van der Waals surface area contributed by atoms with Gasteiger partial charge in [0.05, 0.1) is 11.0 Å². The second-order valence-electron chi connectivity index (χ2n) is 1.72. The zero-order valence-electron chi connectivity index (χ0n) is 5.22. The number of rotatable bonds is 2. The molecule has 3 heteroatoms. The van der Waals surface area contributed by atoms with Gasteiger partial charge >= 0.3 is 0 Å². The van der Waals surface area contributed by atoms with Gasteiger partial charge < -0.3 is 0 Å². The van der Waals surface area contributed by atoms with Crippen LogP contribution in [0, 0.1) is 0 Å². The van der Waals surface area contributed by atoms with Crippen molar-refractivity contribution < 1.29 is 0 Å². The van der Waals surface area contributed by atoms with Gasteiger partial charge in [-0.25, -0.2) is 4.98 Å². The smallest absolute Gasteiger partial charge is 0.103 e. The van der Waals surface area contributed by atoms with E-state index in [1.54, 1.807) is 11.3 Å². The lowest BCUT2D eigenvalue weighted by Crippen LogP contribution is -1.79. The minimum absolute atomic E-state index is 0.887. The van der Waals surface area contributed by atoms with E-state index >= 15 is 0 Å². The summed E-state index contributed by atoms with van der Waals surface area (Å²) >= 11 is 5.06. The molecule has 0 unspecified atom stereocenters. The Bertz CT molecular complexity index is 166. The van der Waals surface area contributed by atoms with Crippen LogP contribution < -0.4 is 0 Å². The van der Waals surface area contributed by atoms with Crippen molar-refractivity contribution in [3.63, 3.8) is 0 Å². The van der Waals surface area contributed by atoms with E-state index in [1.807, 2.05) is 0 Å². The van der Waals surface area contributed by atoms with Gasteiger partial charge in [0.15, 0.2) is 0 Å². The van der Waals surface area contributed by atoms with E-state index in [0.29, 0.717) is 0 Å². The molecule has 0 fully saturated rings. The third kappa shape index (κ3) is 1.76. The molecule has 0 N–H and O–H groups in total. The van der Waals surface area contributed by atoms with Crippen LogP contribution in [0.5, 0.6) is 0 Å². The number of hydrogen-bond donors (Lipinski definition) is 0. The van der Waals surface area contributed by atoms with E-state index in [4.69, 9.17) is 0 Å². The van der Waals surface area contributed by atoms with Crippen LogP contribution in [0.15, 0.2) is 5.38 Å². The van der Waals surface area contributed by atoms with Gasteiger partial charge in [-0.2, -0.15) is 0 Å². The first-order valence-electron chi connectivity index (χ1n) is 2.86. The quantitative estimate of drug-likeness (QED) is 0.677. The molecule has 9 heavy (non-hydrogen) atoms. The van der Waals surface area contributed by atoms with Crippen molar-refractivity contribution in [3.8, 4) is 0 Å². The molecule has 1 aromatic rings. The minimum Gasteiger partial charge on any atom is -0.245 e. The van der Waals surface area contributed by atoms with E-state index in [2.05, 4.69) is 33.2 Å². The summed E-state index contributed by atoms with van der Waals surface area (Å²) in [6.07, 6.45) is 1.05. The first-order chi connectivity index (χ1) is 4.36. The predicted molar refractivity (Wildman–Crippen MR) is 44.1 cm³/mol. The largest absolute Gasteiger partial charge is 0.245 e. The van der Waals surface area contributed by atoms with Crippen molar-refractivity contribution >= 4 is 27.3 Å². The fourth-order valence-corrected chi connectivity index (χ4v) is 1.82. The average molecular weight is 206 g/mol. The summed E-state index contributed by atoms with van der Waals surface area (Å²) in [4.78, 5) is 4.32. The van der Waals surface area contributed by atoms with Gasteiger partial charge in [0.25, 0.3) is 0 Å². The fourth-order valence-electron chi connectivity index (χ4n) is 0.573. The van der Waals surface area contributed by atoms with E-state index in [9.17, 15) is 0 Å². The van der Waals surface area contributed by atoms with Crippen molar-refractivity contribution in [1.82, 2.24) is 4.98 Å². The monoisotopic (exact) mass is 205 g/mol. The lowest BCUT2D eigenvalue weighted by atomic mass is 10.4. The maximum absolute atomic E-state index is 4.32. The van der Waals surface area contributed by atoms with Crippen LogP contribution in [0.4, 0.5) is 0 Å². The van der Waals surface area contributed by atoms with Crippen LogP contribution in [0.3, 0.4) is 0 Å². The normalized spacial score (nSPS) is 10.0. The maximum Gasteiger partial charge on any atom is 0.103 e. The van der Waals surface area contributed by atoms with Gasteiger partial charge in [0, 0.05) is 5.38 Å². The molecule has 1 nitrogen and oxygen atoms in total. The van der Waals surface area contributed by atoms with E-state index in [1.165, 1.54) is 10.7 Å². The van der Waals surface area contributed by atoms with Gasteiger partial charge in [-0.15, -0.1) is 11.3 Å². The second kappa shape index (κ2) is 3.32. The average Bonchev–Trinajstić information content (AvgIpc) is 2.34. The third-order valence-electron chi connectivity index (χ3n) is 1.08. The summed E-state index contributed by atoms with van der Waals surface area (Å²) in [6.45, 7) is 2.12. The summed E-state index contributed by atoms with van der Waals surface area (Å²) in [5, 5.41) is 4.17. The highest BCUT2D eigenvalue weighted by Gasteiger charge is 1.95. The first kappa shape index (κ1) is 7.22. The van der Waals surface area contributed by atoms with Gasteiger partial charge in [-0.3, -0.25) is 0 Å². The highest BCUT2D eigenvalue weighted by molar-refractivity contribution is 9.08. The van der Waals surface area contributed by atoms with Crippen LogP contribution in [0.25, 0.3) is 0 Å². The molecule has 0 aromatic carbocycles. The first-order valence-corrected chi connectivity index (χ1v) is 4.86. The molecule has 0 saturated carbocycles. The molecule has 0 aliphatic rings. The maximum atomic E-state index is 4.32. The zero-order valence-corrected chi connectivity index (χ0v) is 7.63. The molecule has 0 radical (unpaired) electrons. The number of aryl methyl sites for hydroxylation is 1. The van der Waals surface area contributed by atoms with Gasteiger partial charge in [-0.1, -0.05) is 22.9 Å². The molecule has 0 saturated heterocycles. The van der Waals surface area contributed by atoms with Crippen LogP contribution in [0.2, 0.25) is 0 Å². The van der Waals surface area contributed by atoms with Crippen molar-refractivity contribution in [1.29, 1.82) is 0 Å². The highest BCUT2D eigenvalue weighted by Crippen LogP contribution is 2.12. The third-order valence-corrected chi connectivity index (χ3v) is 2.88. The van der Waals surface area contributed by atoms with Gasteiger partial charge in [0.2, 0.25) is 0 Å². The minimum atomic E-state index is 0.887. The Kier molecular flexibility index (Phi) is 2.66. The van der Waals surface area contributed by atoms with Crippen molar-refractivity contribution in [2.75, 3.05) is 0 Å². The van der Waals surface area contributed by atoms with Crippen LogP contribution in [-0.2, 0) is 11.8 Å². The summed E-state index contributed by atoms with van der Waals surface area (Å²) in [5.74, 6) is 0. The number of nitrogens with zero attached hydrogens (tertiary/aromatic N) is 1. The molecular weight excluding hydrogens is 198 g/mol. The van der Waals surface area contributed by atoms with Crippen LogP contribution >= 0.6 is 27.3 Å². The van der Waals surface area contributed by atoms with Crippen molar-refractivity contribution in [3.05, 3.63) is 16.1 Å². The molecule has 0 atom stereocenters. The Morgan fingerprint density at radius 2 is 2.56 bits per heavy atom. The van der Waals surface area contributed by atoms with Crippen LogP contribution in [-0.4, -0.2) is 4.98 Å². The fraction of sp³-hybridized carbons (Fsp3) is 0.500.